The third-order valence-corrected chi connectivity index (χ3v) is 5.88. The molecule has 1 unspecified atom stereocenters. The van der Waals surface area contributed by atoms with Crippen molar-refractivity contribution in [2.24, 2.45) is 0 Å². The highest BCUT2D eigenvalue weighted by Gasteiger charge is 2.23. The maximum absolute atomic E-state index is 12.7. The summed E-state index contributed by atoms with van der Waals surface area (Å²) in [6.07, 6.45) is 0.412. The van der Waals surface area contributed by atoms with Gasteiger partial charge in [0.1, 0.15) is 11.5 Å². The fourth-order valence-corrected chi connectivity index (χ4v) is 4.32. The van der Waals surface area contributed by atoms with Crippen molar-refractivity contribution in [3.05, 3.63) is 62.7 Å². The molecule has 1 heterocycles. The molecule has 0 radical (unpaired) electrons. The van der Waals surface area contributed by atoms with Gasteiger partial charge >= 0.3 is 0 Å². The summed E-state index contributed by atoms with van der Waals surface area (Å²) in [4.78, 5) is 0.925. The van der Waals surface area contributed by atoms with E-state index in [-0.39, 0.29) is 0 Å². The van der Waals surface area contributed by atoms with Crippen LogP contribution in [-0.2, 0) is 17.6 Å². The largest absolute Gasteiger partial charge is 0.606 e. The molecular formula is C15H11Cl3N4OS. The van der Waals surface area contributed by atoms with Crippen LogP contribution in [0, 0.1) is 0 Å². The number of anilines is 1. The number of aromatic amines is 1. The molecule has 5 nitrogen and oxygen atoms in total. The summed E-state index contributed by atoms with van der Waals surface area (Å²) in [6.45, 7) is 0. The quantitative estimate of drug-likeness (QED) is 0.644. The van der Waals surface area contributed by atoms with E-state index >= 15 is 0 Å². The van der Waals surface area contributed by atoms with E-state index in [4.69, 9.17) is 40.5 Å². The Labute approximate surface area is 156 Å². The van der Waals surface area contributed by atoms with Crippen LogP contribution in [-0.4, -0.2) is 20.0 Å². The zero-order valence-electron chi connectivity index (χ0n) is 12.1. The molecule has 1 aromatic heterocycles. The van der Waals surface area contributed by atoms with Gasteiger partial charge in [0.15, 0.2) is 9.79 Å². The summed E-state index contributed by atoms with van der Waals surface area (Å²) < 4.78 is 12.7. The summed E-state index contributed by atoms with van der Waals surface area (Å²) in [7, 11) is 0. The SMILES string of the molecule is Nc1[nH]nnc1Cc1cc(Cl)c([S+]([O-])c2ccc(Cl)cc2)c(Cl)c1. The molecule has 0 aliphatic rings. The van der Waals surface area contributed by atoms with Crippen LogP contribution >= 0.6 is 34.8 Å². The number of hydrogen-bond donors (Lipinski definition) is 2. The van der Waals surface area contributed by atoms with Gasteiger partial charge in [0.05, 0.1) is 10.0 Å². The molecule has 3 rings (SSSR count). The second-order valence-corrected chi connectivity index (χ2v) is 7.63. The van der Waals surface area contributed by atoms with Crippen molar-refractivity contribution in [1.82, 2.24) is 15.4 Å². The molecule has 2 aromatic carbocycles. The van der Waals surface area contributed by atoms with Crippen molar-refractivity contribution in [2.45, 2.75) is 16.2 Å². The maximum Gasteiger partial charge on any atom is 0.195 e. The second kappa shape index (κ2) is 7.21. The van der Waals surface area contributed by atoms with Crippen molar-refractivity contribution < 1.29 is 4.55 Å². The first-order valence-corrected chi connectivity index (χ1v) is 9.04. The van der Waals surface area contributed by atoms with Crippen LogP contribution in [0.15, 0.2) is 46.2 Å². The highest BCUT2D eigenvalue weighted by Crippen LogP contribution is 2.35. The Balaban J connectivity index is 1.92. The molecule has 0 spiro atoms. The number of benzene rings is 2. The van der Waals surface area contributed by atoms with Gasteiger partial charge in [-0.3, -0.25) is 0 Å². The van der Waals surface area contributed by atoms with Gasteiger partial charge < -0.3 is 10.3 Å². The molecule has 3 aromatic rings. The smallest absolute Gasteiger partial charge is 0.195 e. The number of nitrogens with two attached hydrogens (primary N) is 1. The van der Waals surface area contributed by atoms with E-state index in [0.717, 1.165) is 5.56 Å². The van der Waals surface area contributed by atoms with Crippen molar-refractivity contribution in [1.29, 1.82) is 0 Å². The molecule has 0 bridgehead atoms. The Morgan fingerprint density at radius 2 is 1.71 bits per heavy atom. The number of aromatic nitrogens is 3. The first kappa shape index (κ1) is 17.4. The minimum atomic E-state index is -1.51. The number of hydrogen-bond acceptors (Lipinski definition) is 4. The standard InChI is InChI=1S/C15H11Cl3N4OS/c16-9-1-3-10(4-2-9)24(23)14-11(17)5-8(6-12(14)18)7-13-15(19)21-22-20-13/h1-6H,7H2,(H3,19,20,21,22). The minimum absolute atomic E-state index is 0.313. The third-order valence-electron chi connectivity index (χ3n) is 3.29. The Hall–Kier alpha value is -1.44. The minimum Gasteiger partial charge on any atom is -0.606 e. The van der Waals surface area contributed by atoms with E-state index in [0.29, 0.717) is 42.8 Å². The van der Waals surface area contributed by atoms with E-state index in [1.54, 1.807) is 36.4 Å². The first-order chi connectivity index (χ1) is 11.5. The van der Waals surface area contributed by atoms with Crippen LogP contribution in [0.2, 0.25) is 15.1 Å². The molecule has 124 valence electrons. The summed E-state index contributed by atoms with van der Waals surface area (Å²) in [6, 6.07) is 10.1. The fraction of sp³-hybridized carbons (Fsp3) is 0.0667. The molecule has 0 aliphatic carbocycles. The zero-order chi connectivity index (χ0) is 17.3. The Morgan fingerprint density at radius 1 is 1.08 bits per heavy atom. The second-order valence-electron chi connectivity index (χ2n) is 4.96. The lowest BCUT2D eigenvalue weighted by atomic mass is 10.1. The van der Waals surface area contributed by atoms with Gasteiger partial charge in [-0.15, -0.1) is 5.10 Å². The van der Waals surface area contributed by atoms with Crippen LogP contribution in [0.5, 0.6) is 0 Å². The highest BCUT2D eigenvalue weighted by molar-refractivity contribution is 7.91. The highest BCUT2D eigenvalue weighted by atomic mass is 35.5. The fourth-order valence-electron chi connectivity index (χ4n) is 2.15. The Bertz CT molecular complexity index is 846. The van der Waals surface area contributed by atoms with E-state index in [1.165, 1.54) is 0 Å². The van der Waals surface area contributed by atoms with Gasteiger partial charge in [0.2, 0.25) is 0 Å². The molecular weight excluding hydrogens is 391 g/mol. The van der Waals surface area contributed by atoms with Gasteiger partial charge in [0.25, 0.3) is 0 Å². The summed E-state index contributed by atoms with van der Waals surface area (Å²) in [5, 5.41) is 11.3. The summed E-state index contributed by atoms with van der Waals surface area (Å²) in [5.74, 6) is 0.385. The van der Waals surface area contributed by atoms with Crippen LogP contribution < -0.4 is 5.73 Å². The van der Waals surface area contributed by atoms with Crippen molar-refractivity contribution >= 4 is 51.8 Å². The normalized spacial score (nSPS) is 12.3. The predicted octanol–water partition coefficient (Wildman–Crippen LogP) is 4.10. The predicted molar refractivity (Wildman–Crippen MR) is 96.2 cm³/mol. The van der Waals surface area contributed by atoms with Crippen molar-refractivity contribution in [3.8, 4) is 0 Å². The monoisotopic (exact) mass is 400 g/mol. The molecule has 1 atom stereocenters. The number of nitrogens with one attached hydrogen (secondary N) is 1. The summed E-state index contributed by atoms with van der Waals surface area (Å²) in [5.41, 5.74) is 7.11. The number of halogens is 3. The lowest BCUT2D eigenvalue weighted by Gasteiger charge is -2.14. The number of H-pyrrole nitrogens is 1. The number of nitrogens with zero attached hydrogens (tertiary/aromatic N) is 2. The van der Waals surface area contributed by atoms with E-state index in [9.17, 15) is 4.55 Å². The lowest BCUT2D eigenvalue weighted by Crippen LogP contribution is -2.05. The molecule has 0 saturated heterocycles. The van der Waals surface area contributed by atoms with Crippen LogP contribution in [0.25, 0.3) is 0 Å². The van der Waals surface area contributed by atoms with Crippen LogP contribution in [0.1, 0.15) is 11.3 Å². The maximum atomic E-state index is 12.7. The van der Waals surface area contributed by atoms with Crippen molar-refractivity contribution in [3.63, 3.8) is 0 Å². The van der Waals surface area contributed by atoms with E-state index < -0.39 is 11.2 Å². The van der Waals surface area contributed by atoms with Crippen molar-refractivity contribution in [2.75, 3.05) is 5.73 Å². The summed E-state index contributed by atoms with van der Waals surface area (Å²) >= 11 is 17.0. The molecule has 0 aliphatic heterocycles. The molecule has 0 amide bonds. The van der Waals surface area contributed by atoms with Crippen LogP contribution in [0.4, 0.5) is 5.82 Å². The van der Waals surface area contributed by atoms with Gasteiger partial charge in [0, 0.05) is 22.6 Å². The van der Waals surface area contributed by atoms with Gasteiger partial charge in [-0.2, -0.15) is 0 Å². The van der Waals surface area contributed by atoms with Crippen LogP contribution in [0.3, 0.4) is 0 Å². The molecule has 3 N–H and O–H groups in total. The third kappa shape index (κ3) is 3.63. The Kier molecular flexibility index (Phi) is 5.22. The first-order valence-electron chi connectivity index (χ1n) is 6.76. The topological polar surface area (TPSA) is 90.7 Å². The number of rotatable bonds is 4. The Morgan fingerprint density at radius 3 is 2.25 bits per heavy atom. The average molecular weight is 402 g/mol. The molecule has 24 heavy (non-hydrogen) atoms. The van der Waals surface area contributed by atoms with Gasteiger partial charge in [-0.1, -0.05) is 40.0 Å². The molecule has 0 saturated carbocycles. The lowest BCUT2D eigenvalue weighted by molar-refractivity contribution is 0.595. The zero-order valence-corrected chi connectivity index (χ0v) is 15.2. The van der Waals surface area contributed by atoms with E-state index in [2.05, 4.69) is 15.4 Å². The van der Waals surface area contributed by atoms with Gasteiger partial charge in [-0.25, -0.2) is 5.10 Å². The van der Waals surface area contributed by atoms with E-state index in [1.807, 2.05) is 0 Å². The molecule has 0 fully saturated rings. The van der Waals surface area contributed by atoms with Gasteiger partial charge in [-0.05, 0) is 42.0 Å². The average Bonchev–Trinajstić information content (AvgIpc) is 2.92. The number of nitrogen functional groups attached to an aromatic ring is 1. The molecule has 9 heteroatoms.